The van der Waals surface area contributed by atoms with Gasteiger partial charge in [0.25, 0.3) is 0 Å². The minimum absolute atomic E-state index is 0.144. The fourth-order valence-electron chi connectivity index (χ4n) is 1.68. The summed E-state index contributed by atoms with van der Waals surface area (Å²) in [6, 6.07) is 8.46. The van der Waals surface area contributed by atoms with Crippen molar-refractivity contribution in [1.29, 1.82) is 0 Å². The topological polar surface area (TPSA) is 66.4 Å². The van der Waals surface area contributed by atoms with Crippen LogP contribution in [0.15, 0.2) is 30.3 Å². The Morgan fingerprint density at radius 3 is 2.11 bits per heavy atom. The first kappa shape index (κ1) is 14.2. The van der Waals surface area contributed by atoms with Gasteiger partial charge in [-0.05, 0) is 18.4 Å². The van der Waals surface area contributed by atoms with Crippen LogP contribution >= 0.6 is 0 Å². The van der Waals surface area contributed by atoms with E-state index in [2.05, 4.69) is 5.32 Å². The minimum atomic E-state index is -1.00. The van der Waals surface area contributed by atoms with E-state index in [0.717, 1.165) is 5.56 Å². The molecule has 0 aliphatic rings. The van der Waals surface area contributed by atoms with Crippen molar-refractivity contribution in [1.82, 2.24) is 5.32 Å². The smallest absolute Gasteiger partial charge is 0.326 e. The van der Waals surface area contributed by atoms with Crippen LogP contribution in [0, 0.1) is 5.92 Å². The normalized spacial score (nSPS) is 14.0. The zero-order chi connectivity index (χ0) is 13.7. The summed E-state index contributed by atoms with van der Waals surface area (Å²) in [5, 5.41) is 11.6. The summed E-state index contributed by atoms with van der Waals surface area (Å²) >= 11 is 0. The molecule has 0 radical (unpaired) electrons. The van der Waals surface area contributed by atoms with E-state index in [4.69, 9.17) is 5.11 Å². The maximum atomic E-state index is 12.0. The van der Waals surface area contributed by atoms with Gasteiger partial charge in [0.05, 0.1) is 5.92 Å². The Kier molecular flexibility index (Phi) is 4.89. The molecule has 1 amide bonds. The number of amides is 1. The van der Waals surface area contributed by atoms with E-state index in [-0.39, 0.29) is 17.7 Å². The second kappa shape index (κ2) is 6.19. The molecule has 0 aliphatic carbocycles. The third-order valence-corrected chi connectivity index (χ3v) is 2.92. The van der Waals surface area contributed by atoms with Gasteiger partial charge in [-0.25, -0.2) is 4.79 Å². The highest BCUT2D eigenvalue weighted by molar-refractivity contribution is 5.87. The minimum Gasteiger partial charge on any atom is -0.480 e. The van der Waals surface area contributed by atoms with Crippen LogP contribution in [0.25, 0.3) is 0 Å². The molecule has 0 aromatic heterocycles. The Hall–Kier alpha value is -1.84. The van der Waals surface area contributed by atoms with Gasteiger partial charge in [-0.15, -0.1) is 0 Å². The van der Waals surface area contributed by atoms with Crippen molar-refractivity contribution in [2.45, 2.75) is 32.7 Å². The van der Waals surface area contributed by atoms with Gasteiger partial charge in [0.15, 0.2) is 0 Å². The number of nitrogens with one attached hydrogen (secondary N) is 1. The second-order valence-electron chi connectivity index (χ2n) is 4.70. The molecular weight excluding hydrogens is 230 g/mol. The lowest BCUT2D eigenvalue weighted by atomic mass is 9.98. The van der Waals surface area contributed by atoms with E-state index < -0.39 is 12.0 Å². The summed E-state index contributed by atoms with van der Waals surface area (Å²) in [5.74, 6) is -1.76. The molecule has 2 atom stereocenters. The van der Waals surface area contributed by atoms with E-state index in [1.807, 2.05) is 30.3 Å². The average Bonchev–Trinajstić information content (AvgIpc) is 2.35. The van der Waals surface area contributed by atoms with Gasteiger partial charge in [-0.2, -0.15) is 0 Å². The zero-order valence-electron chi connectivity index (χ0n) is 10.9. The van der Waals surface area contributed by atoms with E-state index in [1.54, 1.807) is 20.8 Å². The lowest BCUT2D eigenvalue weighted by Crippen LogP contribution is -2.45. The molecule has 4 nitrogen and oxygen atoms in total. The monoisotopic (exact) mass is 249 g/mol. The van der Waals surface area contributed by atoms with Crippen molar-refractivity contribution in [2.75, 3.05) is 0 Å². The van der Waals surface area contributed by atoms with Crippen LogP contribution < -0.4 is 5.32 Å². The summed E-state index contributed by atoms with van der Waals surface area (Å²) in [6.07, 6.45) is 0. The SMILES string of the molecule is CC(C)C(NC(=O)[C@@H](C)c1ccccc1)C(=O)O. The molecule has 0 aliphatic heterocycles. The lowest BCUT2D eigenvalue weighted by Gasteiger charge is -2.20. The number of aliphatic carboxylic acids is 1. The maximum absolute atomic E-state index is 12.0. The lowest BCUT2D eigenvalue weighted by molar-refractivity contribution is -0.143. The van der Waals surface area contributed by atoms with Crippen LogP contribution in [0.1, 0.15) is 32.3 Å². The molecule has 1 aromatic rings. The van der Waals surface area contributed by atoms with Gasteiger partial charge in [0.2, 0.25) is 5.91 Å². The predicted molar refractivity (Wildman–Crippen MR) is 69.3 cm³/mol. The number of carbonyl (C=O) groups excluding carboxylic acids is 1. The fourth-order valence-corrected chi connectivity index (χ4v) is 1.68. The standard InChI is InChI=1S/C14H19NO3/c1-9(2)12(14(17)18)15-13(16)10(3)11-7-5-4-6-8-11/h4-10,12H,1-3H3,(H,15,16)(H,17,18)/t10-,12?/m0/s1. The van der Waals surface area contributed by atoms with Crippen LogP contribution in [0.4, 0.5) is 0 Å². The van der Waals surface area contributed by atoms with Crippen molar-refractivity contribution < 1.29 is 14.7 Å². The summed E-state index contributed by atoms with van der Waals surface area (Å²) in [5.41, 5.74) is 0.878. The molecule has 1 rings (SSSR count). The molecular formula is C14H19NO3. The average molecular weight is 249 g/mol. The van der Waals surface area contributed by atoms with Crippen molar-refractivity contribution >= 4 is 11.9 Å². The largest absolute Gasteiger partial charge is 0.480 e. The fraction of sp³-hybridized carbons (Fsp3) is 0.429. The molecule has 0 saturated heterocycles. The molecule has 98 valence electrons. The highest BCUT2D eigenvalue weighted by Gasteiger charge is 2.26. The number of carboxylic acids is 1. The van der Waals surface area contributed by atoms with Crippen molar-refractivity contribution in [2.24, 2.45) is 5.92 Å². The second-order valence-corrected chi connectivity index (χ2v) is 4.70. The quantitative estimate of drug-likeness (QED) is 0.839. The number of rotatable bonds is 5. The number of hydrogen-bond donors (Lipinski definition) is 2. The van der Waals surface area contributed by atoms with Gasteiger partial charge in [-0.1, -0.05) is 44.2 Å². The third-order valence-electron chi connectivity index (χ3n) is 2.92. The van der Waals surface area contributed by atoms with Gasteiger partial charge in [0, 0.05) is 0 Å². The number of benzene rings is 1. The summed E-state index contributed by atoms with van der Waals surface area (Å²) in [7, 11) is 0. The Labute approximate surface area is 107 Å². The van der Waals surface area contributed by atoms with Gasteiger partial charge in [-0.3, -0.25) is 4.79 Å². The predicted octanol–water partition coefficient (Wildman–Crippen LogP) is 2.02. The van der Waals surface area contributed by atoms with Crippen molar-refractivity contribution in [3.8, 4) is 0 Å². The molecule has 0 saturated carbocycles. The van der Waals surface area contributed by atoms with E-state index >= 15 is 0 Å². The molecule has 0 heterocycles. The number of hydrogen-bond acceptors (Lipinski definition) is 2. The summed E-state index contributed by atoms with van der Waals surface area (Å²) in [4.78, 5) is 23.0. The molecule has 0 fully saturated rings. The molecule has 0 spiro atoms. The first-order valence-corrected chi connectivity index (χ1v) is 6.01. The van der Waals surface area contributed by atoms with Gasteiger partial charge < -0.3 is 10.4 Å². The van der Waals surface area contributed by atoms with Crippen LogP contribution in [0.2, 0.25) is 0 Å². The van der Waals surface area contributed by atoms with E-state index in [0.29, 0.717) is 0 Å². The molecule has 18 heavy (non-hydrogen) atoms. The summed E-state index contributed by atoms with van der Waals surface area (Å²) in [6.45, 7) is 5.31. The van der Waals surface area contributed by atoms with E-state index in [1.165, 1.54) is 0 Å². The van der Waals surface area contributed by atoms with Crippen LogP contribution in [-0.4, -0.2) is 23.0 Å². The van der Waals surface area contributed by atoms with Crippen LogP contribution in [0.5, 0.6) is 0 Å². The Balaban J connectivity index is 2.73. The summed E-state index contributed by atoms with van der Waals surface area (Å²) < 4.78 is 0. The van der Waals surface area contributed by atoms with E-state index in [9.17, 15) is 9.59 Å². The molecule has 4 heteroatoms. The first-order valence-electron chi connectivity index (χ1n) is 6.01. The molecule has 0 bridgehead atoms. The highest BCUT2D eigenvalue weighted by Crippen LogP contribution is 2.15. The Morgan fingerprint density at radius 2 is 1.67 bits per heavy atom. The van der Waals surface area contributed by atoms with Gasteiger partial charge in [0.1, 0.15) is 6.04 Å². The molecule has 1 unspecified atom stereocenters. The van der Waals surface area contributed by atoms with Crippen LogP contribution in [0.3, 0.4) is 0 Å². The van der Waals surface area contributed by atoms with Crippen LogP contribution in [-0.2, 0) is 9.59 Å². The zero-order valence-corrected chi connectivity index (χ0v) is 10.9. The Morgan fingerprint density at radius 1 is 1.11 bits per heavy atom. The molecule has 1 aromatic carbocycles. The Bertz CT molecular complexity index is 414. The van der Waals surface area contributed by atoms with Gasteiger partial charge >= 0.3 is 5.97 Å². The van der Waals surface area contributed by atoms with Crippen molar-refractivity contribution in [3.63, 3.8) is 0 Å². The molecule has 2 N–H and O–H groups in total. The number of carboxylic acid groups (broad SMARTS) is 1. The first-order chi connectivity index (χ1) is 8.43. The maximum Gasteiger partial charge on any atom is 0.326 e. The third kappa shape index (κ3) is 3.58. The highest BCUT2D eigenvalue weighted by atomic mass is 16.4. The van der Waals surface area contributed by atoms with Crippen molar-refractivity contribution in [3.05, 3.63) is 35.9 Å². The number of carbonyl (C=O) groups is 2.